The predicted molar refractivity (Wildman–Crippen MR) is 87.7 cm³/mol. The maximum absolute atomic E-state index is 12.9. The van der Waals surface area contributed by atoms with E-state index in [1.54, 1.807) is 36.4 Å². The van der Waals surface area contributed by atoms with Crippen molar-refractivity contribution in [3.8, 4) is 17.2 Å². The number of nitrogens with zero attached hydrogens (tertiary/aromatic N) is 2. The minimum absolute atomic E-state index is 0.0982. The summed E-state index contributed by atoms with van der Waals surface area (Å²) in [6.45, 7) is 0. The second-order valence-electron chi connectivity index (χ2n) is 4.79. The van der Waals surface area contributed by atoms with E-state index in [2.05, 4.69) is 10.2 Å². The second kappa shape index (κ2) is 7.27. The Labute approximate surface area is 141 Å². The van der Waals surface area contributed by atoms with E-state index in [0.29, 0.717) is 16.9 Å². The molecule has 0 amide bonds. The van der Waals surface area contributed by atoms with E-state index in [1.807, 2.05) is 0 Å². The Hall–Kier alpha value is -2.67. The van der Waals surface area contributed by atoms with E-state index in [-0.39, 0.29) is 28.5 Å². The summed E-state index contributed by atoms with van der Waals surface area (Å²) in [5, 5.41) is 8.07. The number of carbonyl (C=O) groups is 1. The van der Waals surface area contributed by atoms with Crippen LogP contribution >= 0.6 is 11.8 Å². The molecule has 0 fully saturated rings. The summed E-state index contributed by atoms with van der Waals surface area (Å²) in [5.74, 6) is 0.517. The molecular weight excluding hydrogens is 331 g/mol. The zero-order valence-corrected chi connectivity index (χ0v) is 13.5. The van der Waals surface area contributed by atoms with E-state index in [1.165, 1.54) is 19.2 Å². The van der Waals surface area contributed by atoms with Gasteiger partial charge in [-0.1, -0.05) is 23.9 Å². The molecule has 0 aliphatic rings. The summed E-state index contributed by atoms with van der Waals surface area (Å²) in [6.07, 6.45) is 0. The Morgan fingerprint density at radius 2 is 1.92 bits per heavy atom. The molecule has 3 rings (SSSR count). The molecule has 0 aliphatic heterocycles. The summed E-state index contributed by atoms with van der Waals surface area (Å²) in [5.41, 5.74) is 1.12. The van der Waals surface area contributed by atoms with Crippen molar-refractivity contribution in [2.24, 2.45) is 0 Å². The molecule has 2 aromatic carbocycles. The van der Waals surface area contributed by atoms with Crippen LogP contribution in [0.3, 0.4) is 0 Å². The number of rotatable bonds is 6. The monoisotopic (exact) mass is 344 g/mol. The summed E-state index contributed by atoms with van der Waals surface area (Å²) in [7, 11) is 1.52. The van der Waals surface area contributed by atoms with Gasteiger partial charge in [0.15, 0.2) is 5.78 Å². The Balaban J connectivity index is 1.67. The van der Waals surface area contributed by atoms with Gasteiger partial charge in [-0.15, -0.1) is 10.2 Å². The minimum Gasteiger partial charge on any atom is -0.496 e. The first-order valence-electron chi connectivity index (χ1n) is 7.06. The fraction of sp³-hybridized carbons (Fsp3) is 0.118. The van der Waals surface area contributed by atoms with E-state index in [4.69, 9.17) is 9.15 Å². The lowest BCUT2D eigenvalue weighted by atomic mass is 10.1. The number of ketones is 1. The van der Waals surface area contributed by atoms with Gasteiger partial charge in [-0.2, -0.15) is 0 Å². The van der Waals surface area contributed by atoms with Crippen molar-refractivity contribution >= 4 is 17.5 Å². The highest BCUT2D eigenvalue weighted by molar-refractivity contribution is 7.99. The first-order valence-corrected chi connectivity index (χ1v) is 8.04. The molecule has 24 heavy (non-hydrogen) atoms. The number of hydrogen-bond donors (Lipinski definition) is 0. The van der Waals surface area contributed by atoms with Gasteiger partial charge in [0.05, 0.1) is 18.4 Å². The van der Waals surface area contributed by atoms with Crippen LogP contribution in [0.15, 0.2) is 58.2 Å². The van der Waals surface area contributed by atoms with Gasteiger partial charge < -0.3 is 9.15 Å². The van der Waals surface area contributed by atoms with Crippen LogP contribution in [-0.2, 0) is 0 Å². The average Bonchev–Trinajstić information content (AvgIpc) is 3.09. The summed E-state index contributed by atoms with van der Waals surface area (Å²) in [4.78, 5) is 12.3. The fourth-order valence-corrected chi connectivity index (χ4v) is 2.70. The van der Waals surface area contributed by atoms with Gasteiger partial charge >= 0.3 is 0 Å². The molecule has 122 valence electrons. The number of benzene rings is 2. The zero-order valence-electron chi connectivity index (χ0n) is 12.7. The van der Waals surface area contributed by atoms with Crippen molar-refractivity contribution < 1.29 is 18.3 Å². The van der Waals surface area contributed by atoms with Gasteiger partial charge in [-0.05, 0) is 36.4 Å². The van der Waals surface area contributed by atoms with Gasteiger partial charge in [0.2, 0.25) is 5.89 Å². The highest BCUT2D eigenvalue weighted by atomic mass is 32.2. The number of aromatic nitrogens is 2. The van der Waals surface area contributed by atoms with Crippen molar-refractivity contribution in [1.82, 2.24) is 10.2 Å². The molecule has 0 radical (unpaired) electrons. The van der Waals surface area contributed by atoms with Gasteiger partial charge in [-0.3, -0.25) is 4.79 Å². The summed E-state index contributed by atoms with van der Waals surface area (Å²) < 4.78 is 23.6. The molecule has 0 aliphatic carbocycles. The lowest BCUT2D eigenvalue weighted by Crippen LogP contribution is -2.04. The summed E-state index contributed by atoms with van der Waals surface area (Å²) in [6, 6.07) is 12.8. The Kier molecular flexibility index (Phi) is 4.90. The molecule has 0 saturated heterocycles. The van der Waals surface area contributed by atoms with Gasteiger partial charge in [0.1, 0.15) is 11.6 Å². The number of thioether (sulfide) groups is 1. The third-order valence-corrected chi connectivity index (χ3v) is 4.05. The molecule has 1 heterocycles. The van der Waals surface area contributed by atoms with Crippen LogP contribution in [0.25, 0.3) is 11.5 Å². The first-order chi connectivity index (χ1) is 11.7. The van der Waals surface area contributed by atoms with E-state index >= 15 is 0 Å². The maximum atomic E-state index is 12.9. The lowest BCUT2D eigenvalue weighted by Gasteiger charge is -2.05. The molecule has 1 aromatic heterocycles. The second-order valence-corrected chi connectivity index (χ2v) is 5.72. The fourth-order valence-electron chi connectivity index (χ4n) is 2.06. The molecule has 0 atom stereocenters. The third kappa shape index (κ3) is 3.62. The van der Waals surface area contributed by atoms with Gasteiger partial charge in [0, 0.05) is 5.56 Å². The largest absolute Gasteiger partial charge is 0.496 e. The Morgan fingerprint density at radius 1 is 1.17 bits per heavy atom. The van der Waals surface area contributed by atoms with Crippen molar-refractivity contribution in [3.05, 3.63) is 59.9 Å². The Bertz CT molecular complexity index is 849. The summed E-state index contributed by atoms with van der Waals surface area (Å²) >= 11 is 1.14. The third-order valence-electron chi connectivity index (χ3n) is 3.23. The average molecular weight is 344 g/mol. The number of Topliss-reactive ketones (excluding diaryl/α,β-unsaturated/α-hetero) is 1. The Morgan fingerprint density at radius 3 is 2.67 bits per heavy atom. The van der Waals surface area contributed by atoms with Gasteiger partial charge in [0.25, 0.3) is 5.22 Å². The van der Waals surface area contributed by atoms with E-state index in [0.717, 1.165) is 11.8 Å². The minimum atomic E-state index is -0.338. The molecule has 0 unspecified atom stereocenters. The van der Waals surface area contributed by atoms with Crippen LogP contribution in [-0.4, -0.2) is 28.8 Å². The molecule has 7 heteroatoms. The zero-order chi connectivity index (χ0) is 16.9. The topological polar surface area (TPSA) is 65.2 Å². The van der Waals surface area contributed by atoms with Crippen LogP contribution in [0.2, 0.25) is 0 Å². The lowest BCUT2D eigenvalue weighted by molar-refractivity contribution is 0.101. The van der Waals surface area contributed by atoms with Crippen molar-refractivity contribution in [2.75, 3.05) is 12.9 Å². The van der Waals surface area contributed by atoms with Gasteiger partial charge in [-0.25, -0.2) is 4.39 Å². The smallest absolute Gasteiger partial charge is 0.277 e. The number of hydrogen-bond acceptors (Lipinski definition) is 6. The maximum Gasteiger partial charge on any atom is 0.277 e. The predicted octanol–water partition coefficient (Wildman–Crippen LogP) is 3.86. The molecule has 0 saturated carbocycles. The number of halogens is 1. The first kappa shape index (κ1) is 16.2. The van der Waals surface area contributed by atoms with Crippen molar-refractivity contribution in [3.63, 3.8) is 0 Å². The van der Waals surface area contributed by atoms with Crippen molar-refractivity contribution in [2.45, 2.75) is 5.22 Å². The molecule has 0 N–H and O–H groups in total. The van der Waals surface area contributed by atoms with Crippen LogP contribution in [0.1, 0.15) is 10.4 Å². The SMILES string of the molecule is COc1ccccc1C(=O)CSc1nnc(-c2ccc(F)cc2)o1. The molecular formula is C17H13FN2O3S. The molecule has 5 nitrogen and oxygen atoms in total. The normalized spacial score (nSPS) is 10.6. The number of methoxy groups -OCH3 is 1. The van der Waals surface area contributed by atoms with Crippen LogP contribution in [0, 0.1) is 5.82 Å². The van der Waals surface area contributed by atoms with Crippen LogP contribution in [0.4, 0.5) is 4.39 Å². The molecule has 0 bridgehead atoms. The quantitative estimate of drug-likeness (QED) is 0.500. The van der Waals surface area contributed by atoms with E-state index < -0.39 is 0 Å². The van der Waals surface area contributed by atoms with Crippen LogP contribution in [0.5, 0.6) is 5.75 Å². The molecule has 0 spiro atoms. The standard InChI is InChI=1S/C17H13FN2O3S/c1-22-15-5-3-2-4-13(15)14(21)10-24-17-20-19-16(23-17)11-6-8-12(18)9-7-11/h2-9H,10H2,1H3. The van der Waals surface area contributed by atoms with Crippen LogP contribution < -0.4 is 4.74 Å². The highest BCUT2D eigenvalue weighted by Gasteiger charge is 2.15. The highest BCUT2D eigenvalue weighted by Crippen LogP contribution is 2.25. The number of carbonyl (C=O) groups excluding carboxylic acids is 1. The number of ether oxygens (including phenoxy) is 1. The van der Waals surface area contributed by atoms with Crippen molar-refractivity contribution in [1.29, 1.82) is 0 Å². The number of para-hydroxylation sites is 1. The van der Waals surface area contributed by atoms with E-state index in [9.17, 15) is 9.18 Å². The molecule has 3 aromatic rings.